The number of rotatable bonds is 5. The van der Waals surface area contributed by atoms with Crippen LogP contribution < -0.4 is 5.32 Å². The minimum Gasteiger partial charge on any atom is -0.350 e. The molecule has 0 spiro atoms. The number of nitrogens with zero attached hydrogens (tertiary/aromatic N) is 3. The Bertz CT molecular complexity index is 851. The normalized spacial score (nSPS) is 10.6. The maximum Gasteiger partial charge on any atom is 0.252 e. The van der Waals surface area contributed by atoms with Gasteiger partial charge in [-0.1, -0.05) is 33.6 Å². The molecule has 7 heteroatoms. The SMILES string of the molecule is O=C(NCCn1cc(-c2cccnc2)cn1)c1cc(Br)ccc1Cl. The summed E-state index contributed by atoms with van der Waals surface area (Å²) in [6.45, 7) is 1.02. The number of amides is 1. The second kappa shape index (κ2) is 7.59. The van der Waals surface area contributed by atoms with Gasteiger partial charge in [-0.05, 0) is 24.3 Å². The molecule has 0 aliphatic rings. The number of carbonyl (C=O) groups excluding carboxylic acids is 1. The quantitative estimate of drug-likeness (QED) is 0.702. The van der Waals surface area contributed by atoms with Gasteiger partial charge in [0.15, 0.2) is 0 Å². The molecule has 0 saturated heterocycles. The molecule has 2 aromatic heterocycles. The Morgan fingerprint density at radius 1 is 1.25 bits per heavy atom. The molecular weight excluding hydrogens is 392 g/mol. The Hall–Kier alpha value is -2.18. The molecule has 0 bridgehead atoms. The molecule has 1 N–H and O–H groups in total. The van der Waals surface area contributed by atoms with Crippen LogP contribution in [0, 0.1) is 0 Å². The largest absolute Gasteiger partial charge is 0.350 e. The summed E-state index contributed by atoms with van der Waals surface area (Å²) in [4.78, 5) is 16.3. The molecule has 0 saturated carbocycles. The number of aromatic nitrogens is 3. The van der Waals surface area contributed by atoms with Crippen LogP contribution in [-0.4, -0.2) is 27.2 Å². The molecule has 0 fully saturated rings. The van der Waals surface area contributed by atoms with E-state index in [0.29, 0.717) is 23.7 Å². The van der Waals surface area contributed by atoms with E-state index in [-0.39, 0.29) is 5.91 Å². The van der Waals surface area contributed by atoms with E-state index in [4.69, 9.17) is 11.6 Å². The van der Waals surface area contributed by atoms with Crippen molar-refractivity contribution in [3.63, 3.8) is 0 Å². The third kappa shape index (κ3) is 4.01. The van der Waals surface area contributed by atoms with Gasteiger partial charge in [-0.15, -0.1) is 0 Å². The van der Waals surface area contributed by atoms with E-state index in [1.54, 1.807) is 41.5 Å². The Kier molecular flexibility index (Phi) is 5.27. The van der Waals surface area contributed by atoms with Crippen molar-refractivity contribution in [1.82, 2.24) is 20.1 Å². The minimum atomic E-state index is -0.207. The number of halogens is 2. The summed E-state index contributed by atoms with van der Waals surface area (Å²) in [6, 6.07) is 9.04. The zero-order chi connectivity index (χ0) is 16.9. The highest BCUT2D eigenvalue weighted by Gasteiger charge is 2.10. The fourth-order valence-electron chi connectivity index (χ4n) is 2.22. The molecule has 5 nitrogen and oxygen atoms in total. The van der Waals surface area contributed by atoms with Gasteiger partial charge in [0.2, 0.25) is 0 Å². The molecule has 2 heterocycles. The van der Waals surface area contributed by atoms with E-state index in [1.165, 1.54) is 0 Å². The predicted octanol–water partition coefficient (Wildman–Crippen LogP) is 3.79. The highest BCUT2D eigenvalue weighted by Crippen LogP contribution is 2.21. The fourth-order valence-corrected chi connectivity index (χ4v) is 2.78. The van der Waals surface area contributed by atoms with Crippen molar-refractivity contribution in [2.75, 3.05) is 6.54 Å². The molecule has 0 atom stereocenters. The molecule has 1 amide bonds. The first-order valence-corrected chi connectivity index (χ1v) is 8.47. The van der Waals surface area contributed by atoms with Gasteiger partial charge in [0, 0.05) is 40.7 Å². The topological polar surface area (TPSA) is 59.8 Å². The summed E-state index contributed by atoms with van der Waals surface area (Å²) < 4.78 is 2.59. The van der Waals surface area contributed by atoms with Gasteiger partial charge in [0.25, 0.3) is 5.91 Å². The smallest absolute Gasteiger partial charge is 0.252 e. The van der Waals surface area contributed by atoms with Crippen molar-refractivity contribution in [3.8, 4) is 11.1 Å². The summed E-state index contributed by atoms with van der Waals surface area (Å²) in [5.74, 6) is -0.207. The second-order valence-electron chi connectivity index (χ2n) is 5.11. The Morgan fingerprint density at radius 2 is 2.12 bits per heavy atom. The first kappa shape index (κ1) is 16.7. The van der Waals surface area contributed by atoms with Gasteiger partial charge < -0.3 is 5.32 Å². The summed E-state index contributed by atoms with van der Waals surface area (Å²) in [5, 5.41) is 7.57. The van der Waals surface area contributed by atoms with Gasteiger partial charge >= 0.3 is 0 Å². The zero-order valence-electron chi connectivity index (χ0n) is 12.6. The van der Waals surface area contributed by atoms with Crippen molar-refractivity contribution in [2.45, 2.75) is 6.54 Å². The van der Waals surface area contributed by atoms with Crippen molar-refractivity contribution >= 4 is 33.4 Å². The minimum absolute atomic E-state index is 0.207. The molecule has 0 aliphatic carbocycles. The molecule has 0 radical (unpaired) electrons. The second-order valence-corrected chi connectivity index (χ2v) is 6.44. The zero-order valence-corrected chi connectivity index (χ0v) is 15.0. The lowest BCUT2D eigenvalue weighted by Gasteiger charge is -2.07. The van der Waals surface area contributed by atoms with Crippen LogP contribution in [0.3, 0.4) is 0 Å². The van der Waals surface area contributed by atoms with Crippen LogP contribution in [0.1, 0.15) is 10.4 Å². The van der Waals surface area contributed by atoms with Crippen LogP contribution in [0.4, 0.5) is 0 Å². The number of benzene rings is 1. The number of hydrogen-bond acceptors (Lipinski definition) is 3. The van der Waals surface area contributed by atoms with Crippen LogP contribution in [-0.2, 0) is 6.54 Å². The van der Waals surface area contributed by atoms with Crippen molar-refractivity contribution < 1.29 is 4.79 Å². The molecule has 3 rings (SSSR count). The van der Waals surface area contributed by atoms with E-state index in [2.05, 4.69) is 31.3 Å². The number of carbonyl (C=O) groups is 1. The highest BCUT2D eigenvalue weighted by atomic mass is 79.9. The van der Waals surface area contributed by atoms with E-state index in [1.807, 2.05) is 18.3 Å². The maximum atomic E-state index is 12.2. The standard InChI is InChI=1S/C17H14BrClN4O/c18-14-3-4-16(19)15(8-14)17(24)21-6-7-23-11-13(10-22-23)12-2-1-5-20-9-12/h1-5,8-11H,6-7H2,(H,21,24). The number of hydrogen-bond donors (Lipinski definition) is 1. The predicted molar refractivity (Wildman–Crippen MR) is 96.9 cm³/mol. The van der Waals surface area contributed by atoms with Gasteiger partial charge in [-0.25, -0.2) is 0 Å². The average Bonchev–Trinajstić information content (AvgIpc) is 3.06. The first-order chi connectivity index (χ1) is 11.6. The first-order valence-electron chi connectivity index (χ1n) is 7.29. The van der Waals surface area contributed by atoms with Crippen molar-refractivity contribution in [1.29, 1.82) is 0 Å². The van der Waals surface area contributed by atoms with Gasteiger partial charge in [-0.3, -0.25) is 14.5 Å². The lowest BCUT2D eigenvalue weighted by Crippen LogP contribution is -2.27. The highest BCUT2D eigenvalue weighted by molar-refractivity contribution is 9.10. The van der Waals surface area contributed by atoms with Crippen LogP contribution in [0.25, 0.3) is 11.1 Å². The van der Waals surface area contributed by atoms with E-state index in [9.17, 15) is 4.79 Å². The molecule has 1 aromatic carbocycles. The molecule has 122 valence electrons. The van der Waals surface area contributed by atoms with E-state index in [0.717, 1.165) is 15.6 Å². The van der Waals surface area contributed by atoms with Crippen LogP contribution >= 0.6 is 27.5 Å². The van der Waals surface area contributed by atoms with Crippen molar-refractivity contribution in [2.24, 2.45) is 0 Å². The summed E-state index contributed by atoms with van der Waals surface area (Å²) in [6.07, 6.45) is 7.23. The molecule has 0 aliphatic heterocycles. The monoisotopic (exact) mass is 404 g/mol. The lowest BCUT2D eigenvalue weighted by molar-refractivity contribution is 0.0952. The molecule has 0 unspecified atom stereocenters. The van der Waals surface area contributed by atoms with Gasteiger partial charge in [0.05, 0.1) is 23.3 Å². The molecular formula is C17H14BrClN4O. The summed E-state index contributed by atoms with van der Waals surface area (Å²) >= 11 is 9.39. The third-order valence-corrected chi connectivity index (χ3v) is 4.25. The van der Waals surface area contributed by atoms with E-state index >= 15 is 0 Å². The molecule has 3 aromatic rings. The van der Waals surface area contributed by atoms with Gasteiger partial charge in [0.1, 0.15) is 0 Å². The summed E-state index contributed by atoms with van der Waals surface area (Å²) in [5.41, 5.74) is 2.45. The Balaban J connectivity index is 1.58. The number of nitrogens with one attached hydrogen (secondary N) is 1. The maximum absolute atomic E-state index is 12.2. The van der Waals surface area contributed by atoms with Crippen molar-refractivity contribution in [3.05, 3.63) is 70.2 Å². The average molecular weight is 406 g/mol. The Labute approximate surface area is 152 Å². The van der Waals surface area contributed by atoms with Crippen LogP contribution in [0.5, 0.6) is 0 Å². The van der Waals surface area contributed by atoms with Crippen LogP contribution in [0.2, 0.25) is 5.02 Å². The fraction of sp³-hybridized carbons (Fsp3) is 0.118. The lowest BCUT2D eigenvalue weighted by atomic mass is 10.2. The Morgan fingerprint density at radius 3 is 2.92 bits per heavy atom. The molecule has 24 heavy (non-hydrogen) atoms. The van der Waals surface area contributed by atoms with Crippen LogP contribution in [0.15, 0.2) is 59.6 Å². The number of pyridine rings is 1. The summed E-state index contributed by atoms with van der Waals surface area (Å²) in [7, 11) is 0. The van der Waals surface area contributed by atoms with E-state index < -0.39 is 0 Å². The van der Waals surface area contributed by atoms with Gasteiger partial charge in [-0.2, -0.15) is 5.10 Å². The third-order valence-electron chi connectivity index (χ3n) is 3.43.